The third-order valence-electron chi connectivity index (χ3n) is 5.25. The number of thiophene rings is 1. The van der Waals surface area contributed by atoms with Gasteiger partial charge in [0, 0.05) is 24.0 Å². The summed E-state index contributed by atoms with van der Waals surface area (Å²) >= 11 is 1.81. The molecule has 25 heavy (non-hydrogen) atoms. The second-order valence-corrected chi connectivity index (χ2v) is 8.20. The summed E-state index contributed by atoms with van der Waals surface area (Å²) in [4.78, 5) is 13.8. The Balaban J connectivity index is 1.54. The predicted octanol–water partition coefficient (Wildman–Crippen LogP) is 4.02. The Bertz CT molecular complexity index is 753. The van der Waals surface area contributed by atoms with Crippen molar-refractivity contribution in [1.82, 2.24) is 14.9 Å². The van der Waals surface area contributed by atoms with Crippen molar-refractivity contribution in [2.45, 2.75) is 57.9 Å². The molecule has 1 saturated heterocycles. The number of likely N-dealkylation sites (tertiary alicyclic amines) is 1. The Morgan fingerprint density at radius 2 is 1.96 bits per heavy atom. The minimum Gasteiger partial charge on any atom is -0.367 e. The van der Waals surface area contributed by atoms with E-state index in [0.717, 1.165) is 55.2 Å². The van der Waals surface area contributed by atoms with Crippen LogP contribution in [0.2, 0.25) is 0 Å². The first-order valence-electron chi connectivity index (χ1n) is 9.16. The number of anilines is 1. The molecule has 0 atom stereocenters. The van der Waals surface area contributed by atoms with E-state index in [1.165, 1.54) is 28.7 Å². The molecule has 0 amide bonds. The van der Waals surface area contributed by atoms with Gasteiger partial charge < -0.3 is 5.32 Å². The second kappa shape index (κ2) is 7.11. The Labute approximate surface area is 150 Å². The summed E-state index contributed by atoms with van der Waals surface area (Å²) in [6.45, 7) is 3.27. The number of halogens is 2. The number of nitrogens with zero attached hydrogens (tertiary/aromatic N) is 3. The number of hydrogen-bond donors (Lipinski definition) is 1. The first kappa shape index (κ1) is 17.1. The van der Waals surface area contributed by atoms with Gasteiger partial charge in [-0.25, -0.2) is 18.7 Å². The van der Waals surface area contributed by atoms with E-state index in [2.05, 4.69) is 10.3 Å². The zero-order chi connectivity index (χ0) is 17.4. The lowest BCUT2D eigenvalue weighted by molar-refractivity contribution is 0.0769. The van der Waals surface area contributed by atoms with Crippen LogP contribution in [-0.4, -0.2) is 47.0 Å². The molecule has 136 valence electrons. The van der Waals surface area contributed by atoms with Crippen LogP contribution in [0.3, 0.4) is 0 Å². The number of piperidine rings is 1. The van der Waals surface area contributed by atoms with E-state index in [9.17, 15) is 8.78 Å². The van der Waals surface area contributed by atoms with Crippen LogP contribution in [0.4, 0.5) is 14.6 Å². The molecule has 0 spiro atoms. The number of hydrogen-bond acceptors (Lipinski definition) is 5. The summed E-state index contributed by atoms with van der Waals surface area (Å²) in [5, 5.41) is 4.82. The molecule has 0 aromatic carbocycles. The van der Waals surface area contributed by atoms with Gasteiger partial charge in [0.1, 0.15) is 16.5 Å². The van der Waals surface area contributed by atoms with E-state index < -0.39 is 6.43 Å². The monoisotopic (exact) mass is 366 g/mol. The number of aryl methyl sites for hydroxylation is 3. The molecule has 2 aromatic heterocycles. The molecule has 0 unspecified atom stereocenters. The molecule has 1 aliphatic heterocycles. The lowest BCUT2D eigenvalue weighted by Crippen LogP contribution is -2.41. The fourth-order valence-electron chi connectivity index (χ4n) is 4.02. The van der Waals surface area contributed by atoms with Gasteiger partial charge in [0.15, 0.2) is 0 Å². The van der Waals surface area contributed by atoms with Crippen molar-refractivity contribution in [3.63, 3.8) is 0 Å². The molecular weight excluding hydrogens is 342 g/mol. The van der Waals surface area contributed by atoms with E-state index in [4.69, 9.17) is 4.98 Å². The summed E-state index contributed by atoms with van der Waals surface area (Å²) in [7, 11) is 0. The number of rotatable bonds is 4. The maximum absolute atomic E-state index is 12.5. The third-order valence-corrected chi connectivity index (χ3v) is 6.44. The van der Waals surface area contributed by atoms with Gasteiger partial charge in [0.05, 0.1) is 11.9 Å². The van der Waals surface area contributed by atoms with E-state index in [1.54, 1.807) is 0 Å². The Hall–Kier alpha value is -1.34. The van der Waals surface area contributed by atoms with E-state index in [-0.39, 0.29) is 6.54 Å². The van der Waals surface area contributed by atoms with Crippen molar-refractivity contribution in [2.24, 2.45) is 0 Å². The lowest BCUT2D eigenvalue weighted by atomic mass is 9.96. The minimum absolute atomic E-state index is 0.110. The van der Waals surface area contributed by atoms with Crippen LogP contribution < -0.4 is 5.32 Å². The van der Waals surface area contributed by atoms with Crippen molar-refractivity contribution in [3.05, 3.63) is 16.3 Å². The first-order chi connectivity index (χ1) is 12.1. The van der Waals surface area contributed by atoms with Crippen LogP contribution in [0.5, 0.6) is 0 Å². The van der Waals surface area contributed by atoms with Crippen molar-refractivity contribution in [1.29, 1.82) is 0 Å². The third kappa shape index (κ3) is 3.62. The number of fused-ring (bicyclic) bond motifs is 3. The smallest absolute Gasteiger partial charge is 0.251 e. The van der Waals surface area contributed by atoms with Crippen LogP contribution in [-0.2, 0) is 12.8 Å². The van der Waals surface area contributed by atoms with Crippen molar-refractivity contribution >= 4 is 27.4 Å². The molecule has 1 fully saturated rings. The minimum atomic E-state index is -2.24. The fourth-order valence-corrected chi connectivity index (χ4v) is 5.32. The van der Waals surface area contributed by atoms with Crippen LogP contribution in [0.15, 0.2) is 0 Å². The number of nitrogens with one attached hydrogen (secondary N) is 1. The molecule has 0 saturated carbocycles. The summed E-state index contributed by atoms with van der Waals surface area (Å²) in [6, 6.07) is 0.297. The predicted molar refractivity (Wildman–Crippen MR) is 97.9 cm³/mol. The van der Waals surface area contributed by atoms with Crippen molar-refractivity contribution < 1.29 is 8.78 Å². The second-order valence-electron chi connectivity index (χ2n) is 7.12. The van der Waals surface area contributed by atoms with Gasteiger partial charge in [-0.05, 0) is 51.0 Å². The van der Waals surface area contributed by atoms with E-state index >= 15 is 0 Å². The lowest BCUT2D eigenvalue weighted by Gasteiger charge is -2.32. The van der Waals surface area contributed by atoms with Gasteiger partial charge in [-0.15, -0.1) is 11.3 Å². The Morgan fingerprint density at radius 1 is 1.20 bits per heavy atom. The van der Waals surface area contributed by atoms with Crippen molar-refractivity contribution in [2.75, 3.05) is 25.0 Å². The highest BCUT2D eigenvalue weighted by molar-refractivity contribution is 7.19. The molecule has 0 bridgehead atoms. The normalized spacial score (nSPS) is 19.5. The fraction of sp³-hybridized carbons (Fsp3) is 0.667. The van der Waals surface area contributed by atoms with Crippen molar-refractivity contribution in [3.8, 4) is 0 Å². The standard InChI is InChI=1S/C18H24F2N4S/c1-11-21-17(23-12-6-8-24(9-7-12)10-15(19)20)16-13-4-2-3-5-14(13)25-18(16)22-11/h12,15H,2-10H2,1H3,(H,21,22,23). The van der Waals surface area contributed by atoms with Gasteiger partial charge in [0.25, 0.3) is 6.43 Å². The van der Waals surface area contributed by atoms with Gasteiger partial charge in [-0.2, -0.15) is 0 Å². The highest BCUT2D eigenvalue weighted by atomic mass is 32.1. The molecule has 2 aliphatic rings. The first-order valence-corrected chi connectivity index (χ1v) is 9.97. The quantitative estimate of drug-likeness (QED) is 0.887. The molecule has 0 radical (unpaired) electrons. The van der Waals surface area contributed by atoms with Gasteiger partial charge in [0.2, 0.25) is 0 Å². The zero-order valence-electron chi connectivity index (χ0n) is 14.5. The van der Waals surface area contributed by atoms with Gasteiger partial charge in [-0.1, -0.05) is 0 Å². The van der Waals surface area contributed by atoms with E-state index in [0.29, 0.717) is 6.04 Å². The average Bonchev–Trinajstić information content (AvgIpc) is 2.94. The van der Waals surface area contributed by atoms with Crippen LogP contribution in [0.1, 0.15) is 41.9 Å². The molecule has 2 aromatic rings. The maximum Gasteiger partial charge on any atom is 0.251 e. The molecule has 4 rings (SSSR count). The molecule has 1 N–H and O–H groups in total. The van der Waals surface area contributed by atoms with Crippen LogP contribution in [0, 0.1) is 6.92 Å². The molecular formula is C18H24F2N4S. The highest BCUT2D eigenvalue weighted by Crippen LogP contribution is 2.39. The molecule has 7 heteroatoms. The van der Waals surface area contributed by atoms with Gasteiger partial charge >= 0.3 is 0 Å². The Kier molecular flexibility index (Phi) is 4.86. The van der Waals surface area contributed by atoms with Crippen LogP contribution >= 0.6 is 11.3 Å². The molecule has 4 nitrogen and oxygen atoms in total. The van der Waals surface area contributed by atoms with E-state index in [1.807, 2.05) is 23.2 Å². The topological polar surface area (TPSA) is 41.1 Å². The Morgan fingerprint density at radius 3 is 2.72 bits per heavy atom. The molecule has 1 aliphatic carbocycles. The SMILES string of the molecule is Cc1nc(NC2CCN(CC(F)F)CC2)c2c3c(sc2n1)CCCC3. The maximum atomic E-state index is 12.5. The zero-order valence-corrected chi connectivity index (χ0v) is 15.3. The summed E-state index contributed by atoms with van der Waals surface area (Å²) in [6.07, 6.45) is 4.28. The van der Waals surface area contributed by atoms with Crippen LogP contribution in [0.25, 0.3) is 10.2 Å². The summed E-state index contributed by atoms with van der Waals surface area (Å²) in [5.74, 6) is 1.75. The largest absolute Gasteiger partial charge is 0.367 e. The average molecular weight is 366 g/mol. The van der Waals surface area contributed by atoms with Gasteiger partial charge in [-0.3, -0.25) is 4.90 Å². The summed E-state index contributed by atoms with van der Waals surface area (Å²) < 4.78 is 25.1. The number of aromatic nitrogens is 2. The number of alkyl halides is 2. The summed E-state index contributed by atoms with van der Waals surface area (Å²) in [5.41, 5.74) is 1.43. The highest BCUT2D eigenvalue weighted by Gasteiger charge is 2.25. The molecule has 3 heterocycles.